The zero-order valence-corrected chi connectivity index (χ0v) is 12.8. The number of aromatic nitrogens is 1. The fraction of sp³-hybridized carbons (Fsp3) is 0.643. The molecule has 0 radical (unpaired) electrons. The Labute approximate surface area is 115 Å². The lowest BCUT2D eigenvalue weighted by Crippen LogP contribution is -2.31. The zero-order chi connectivity index (χ0) is 13.4. The third kappa shape index (κ3) is 4.86. The van der Waals surface area contributed by atoms with Crippen LogP contribution in [0.3, 0.4) is 0 Å². The van der Waals surface area contributed by atoms with Gasteiger partial charge in [0.1, 0.15) is 5.82 Å². The van der Waals surface area contributed by atoms with Crippen LogP contribution in [0.4, 0.5) is 5.82 Å². The van der Waals surface area contributed by atoms with Crippen LogP contribution in [-0.4, -0.2) is 36.6 Å². The van der Waals surface area contributed by atoms with E-state index in [0.717, 1.165) is 36.8 Å². The maximum atomic E-state index is 4.70. The Morgan fingerprint density at radius 2 is 2.22 bits per heavy atom. The number of nitrogens with one attached hydrogen (secondary N) is 1. The minimum absolute atomic E-state index is 0.506. The van der Waals surface area contributed by atoms with Crippen molar-refractivity contribution in [2.45, 2.75) is 32.9 Å². The number of pyridine rings is 1. The monoisotopic (exact) mass is 267 g/mol. The second-order valence-corrected chi connectivity index (χ2v) is 5.49. The molecule has 1 aromatic heterocycles. The first-order valence-electron chi connectivity index (χ1n) is 6.57. The van der Waals surface area contributed by atoms with E-state index in [4.69, 9.17) is 4.98 Å². The number of hydrogen-bond donors (Lipinski definition) is 1. The van der Waals surface area contributed by atoms with Gasteiger partial charge < -0.3 is 10.2 Å². The van der Waals surface area contributed by atoms with Gasteiger partial charge in [0.15, 0.2) is 0 Å². The molecular weight excluding hydrogens is 242 g/mol. The summed E-state index contributed by atoms with van der Waals surface area (Å²) in [5.41, 5.74) is 1.11. The molecule has 1 N–H and O–H groups in total. The quantitative estimate of drug-likeness (QED) is 0.733. The maximum Gasteiger partial charge on any atom is 0.128 e. The van der Waals surface area contributed by atoms with Crippen LogP contribution in [0, 0.1) is 0 Å². The summed E-state index contributed by atoms with van der Waals surface area (Å²) in [5, 5.41) is 3.39. The van der Waals surface area contributed by atoms with E-state index in [0.29, 0.717) is 6.04 Å². The van der Waals surface area contributed by atoms with Crippen molar-refractivity contribution < 1.29 is 0 Å². The van der Waals surface area contributed by atoms with Crippen LogP contribution in [-0.2, 0) is 6.54 Å². The lowest BCUT2D eigenvalue weighted by atomic mass is 10.3. The molecule has 0 aliphatic heterocycles. The standard InChI is InChI=1S/C14H25N3S/c1-5-9-15-10-13-7-6-8-14(16-13)17(3)12(2)11-18-4/h6-8,12,15H,5,9-11H2,1-4H3. The summed E-state index contributed by atoms with van der Waals surface area (Å²) >= 11 is 1.87. The van der Waals surface area contributed by atoms with Gasteiger partial charge in [0, 0.05) is 25.4 Å². The SMILES string of the molecule is CCCNCc1cccc(N(C)C(C)CSC)n1. The number of nitrogens with zero attached hydrogens (tertiary/aromatic N) is 2. The van der Waals surface area contributed by atoms with Crippen LogP contribution in [0.2, 0.25) is 0 Å². The highest BCUT2D eigenvalue weighted by Crippen LogP contribution is 2.14. The normalized spacial score (nSPS) is 12.4. The van der Waals surface area contributed by atoms with E-state index in [2.05, 4.69) is 55.6 Å². The van der Waals surface area contributed by atoms with Crippen LogP contribution in [0.25, 0.3) is 0 Å². The van der Waals surface area contributed by atoms with E-state index < -0.39 is 0 Å². The molecule has 1 aromatic rings. The Bertz CT molecular complexity index is 344. The van der Waals surface area contributed by atoms with Crippen molar-refractivity contribution in [1.82, 2.24) is 10.3 Å². The molecule has 3 nitrogen and oxygen atoms in total. The summed E-state index contributed by atoms with van der Waals surface area (Å²) < 4.78 is 0. The van der Waals surface area contributed by atoms with Gasteiger partial charge in [-0.3, -0.25) is 0 Å². The van der Waals surface area contributed by atoms with Gasteiger partial charge in [0.05, 0.1) is 5.69 Å². The Balaban J connectivity index is 2.62. The highest BCUT2D eigenvalue weighted by molar-refractivity contribution is 7.98. The molecule has 102 valence electrons. The van der Waals surface area contributed by atoms with E-state index in [1.165, 1.54) is 0 Å². The third-order valence-corrected chi connectivity index (χ3v) is 3.77. The van der Waals surface area contributed by atoms with E-state index in [1.807, 2.05) is 11.8 Å². The first kappa shape index (κ1) is 15.3. The van der Waals surface area contributed by atoms with E-state index >= 15 is 0 Å². The zero-order valence-electron chi connectivity index (χ0n) is 11.9. The van der Waals surface area contributed by atoms with Crippen molar-refractivity contribution in [3.8, 4) is 0 Å². The molecule has 1 unspecified atom stereocenters. The first-order valence-corrected chi connectivity index (χ1v) is 7.96. The van der Waals surface area contributed by atoms with Gasteiger partial charge in [-0.2, -0.15) is 11.8 Å². The number of rotatable bonds is 8. The Morgan fingerprint density at radius 1 is 1.44 bits per heavy atom. The van der Waals surface area contributed by atoms with Gasteiger partial charge in [0.2, 0.25) is 0 Å². The molecule has 0 amide bonds. The fourth-order valence-electron chi connectivity index (χ4n) is 1.73. The molecule has 4 heteroatoms. The third-order valence-electron chi connectivity index (χ3n) is 2.96. The first-order chi connectivity index (χ1) is 8.69. The van der Waals surface area contributed by atoms with Crippen molar-refractivity contribution in [1.29, 1.82) is 0 Å². The molecule has 1 heterocycles. The average Bonchev–Trinajstić information content (AvgIpc) is 2.39. The van der Waals surface area contributed by atoms with Crippen LogP contribution in [0.5, 0.6) is 0 Å². The Hall–Kier alpha value is -0.740. The molecule has 0 bridgehead atoms. The molecule has 0 spiro atoms. The summed E-state index contributed by atoms with van der Waals surface area (Å²) in [6.45, 7) is 6.31. The highest BCUT2D eigenvalue weighted by Gasteiger charge is 2.10. The van der Waals surface area contributed by atoms with Gasteiger partial charge in [-0.1, -0.05) is 13.0 Å². The lowest BCUT2D eigenvalue weighted by molar-refractivity contribution is 0.661. The molecule has 0 saturated heterocycles. The molecule has 0 aliphatic carbocycles. The minimum atomic E-state index is 0.506. The van der Waals surface area contributed by atoms with Gasteiger partial charge in [0.25, 0.3) is 0 Å². The Kier molecular flexibility index (Phi) is 7.13. The second-order valence-electron chi connectivity index (χ2n) is 4.58. The van der Waals surface area contributed by atoms with Crippen LogP contribution < -0.4 is 10.2 Å². The molecule has 1 atom stereocenters. The van der Waals surface area contributed by atoms with Gasteiger partial charge in [-0.25, -0.2) is 4.98 Å². The summed E-state index contributed by atoms with van der Waals surface area (Å²) in [4.78, 5) is 6.95. The highest BCUT2D eigenvalue weighted by atomic mass is 32.2. The van der Waals surface area contributed by atoms with Crippen LogP contribution in [0.1, 0.15) is 26.0 Å². The summed E-state index contributed by atoms with van der Waals surface area (Å²) in [7, 11) is 2.12. The van der Waals surface area contributed by atoms with Crippen molar-refractivity contribution >= 4 is 17.6 Å². The van der Waals surface area contributed by atoms with Crippen LogP contribution in [0.15, 0.2) is 18.2 Å². The Morgan fingerprint density at radius 3 is 2.89 bits per heavy atom. The summed E-state index contributed by atoms with van der Waals surface area (Å²) in [5.74, 6) is 2.18. The molecule has 0 aromatic carbocycles. The molecule has 0 saturated carbocycles. The predicted molar refractivity (Wildman–Crippen MR) is 82.5 cm³/mol. The number of thioether (sulfide) groups is 1. The lowest BCUT2D eigenvalue weighted by Gasteiger charge is -2.25. The molecule has 1 rings (SSSR count). The molecular formula is C14H25N3S. The topological polar surface area (TPSA) is 28.2 Å². The molecule has 0 fully saturated rings. The van der Waals surface area contributed by atoms with Crippen molar-refractivity contribution in [2.24, 2.45) is 0 Å². The summed E-state index contributed by atoms with van der Waals surface area (Å²) in [6, 6.07) is 6.76. The second kappa shape index (κ2) is 8.38. The minimum Gasteiger partial charge on any atom is -0.356 e. The van der Waals surface area contributed by atoms with Crippen molar-refractivity contribution in [3.63, 3.8) is 0 Å². The van der Waals surface area contributed by atoms with Gasteiger partial charge >= 0.3 is 0 Å². The molecule has 18 heavy (non-hydrogen) atoms. The average molecular weight is 267 g/mol. The largest absolute Gasteiger partial charge is 0.356 e. The van der Waals surface area contributed by atoms with Crippen molar-refractivity contribution in [2.75, 3.05) is 30.5 Å². The van der Waals surface area contributed by atoms with Gasteiger partial charge in [-0.05, 0) is 38.3 Å². The van der Waals surface area contributed by atoms with Crippen LogP contribution >= 0.6 is 11.8 Å². The number of anilines is 1. The number of hydrogen-bond acceptors (Lipinski definition) is 4. The van der Waals surface area contributed by atoms with E-state index in [-0.39, 0.29) is 0 Å². The maximum absolute atomic E-state index is 4.70. The van der Waals surface area contributed by atoms with Crippen molar-refractivity contribution in [3.05, 3.63) is 23.9 Å². The fourth-order valence-corrected chi connectivity index (χ4v) is 2.44. The van der Waals surface area contributed by atoms with Gasteiger partial charge in [-0.15, -0.1) is 0 Å². The predicted octanol–water partition coefficient (Wildman–Crippen LogP) is 2.77. The smallest absolute Gasteiger partial charge is 0.128 e. The van der Waals surface area contributed by atoms with E-state index in [9.17, 15) is 0 Å². The summed E-state index contributed by atoms with van der Waals surface area (Å²) in [6.07, 6.45) is 3.30. The molecule has 0 aliphatic rings. The van der Waals surface area contributed by atoms with E-state index in [1.54, 1.807) is 0 Å².